The Kier molecular flexibility index (Phi) is 3.53. The third kappa shape index (κ3) is 2.26. The first-order valence-corrected chi connectivity index (χ1v) is 9.69. The molecule has 0 saturated heterocycles. The van der Waals surface area contributed by atoms with Gasteiger partial charge in [0, 0.05) is 40.7 Å². The fraction of sp³-hybridized carbons (Fsp3) is 0.333. The van der Waals surface area contributed by atoms with Crippen molar-refractivity contribution in [3.8, 4) is 0 Å². The van der Waals surface area contributed by atoms with Gasteiger partial charge in [0.15, 0.2) is 0 Å². The number of fused-ring (bicyclic) bond motifs is 3. The average molecular weight is 381 g/mol. The second-order valence-electron chi connectivity index (χ2n) is 7.04. The number of aromatic nitrogens is 1. The molecule has 0 radical (unpaired) electrons. The van der Waals surface area contributed by atoms with Crippen molar-refractivity contribution in [3.05, 3.63) is 69.8 Å². The van der Waals surface area contributed by atoms with Crippen LogP contribution in [-0.4, -0.2) is 16.0 Å². The van der Waals surface area contributed by atoms with Gasteiger partial charge in [-0.05, 0) is 48.6 Å². The Balaban J connectivity index is 1.60. The van der Waals surface area contributed by atoms with Crippen molar-refractivity contribution in [1.29, 1.82) is 0 Å². The van der Waals surface area contributed by atoms with Crippen LogP contribution in [0.4, 0.5) is 0 Å². The molecule has 1 aliphatic heterocycles. The molecule has 122 valence electrons. The first-order valence-electron chi connectivity index (χ1n) is 8.90. The maximum Gasteiger partial charge on any atom is 0.0508 e. The third-order valence-corrected chi connectivity index (χ3v) is 6.17. The van der Waals surface area contributed by atoms with E-state index in [4.69, 9.17) is 0 Å². The molecule has 3 aromatic rings. The highest BCUT2D eigenvalue weighted by molar-refractivity contribution is 9.10. The van der Waals surface area contributed by atoms with E-state index in [2.05, 4.69) is 73.9 Å². The molecule has 2 aromatic carbocycles. The smallest absolute Gasteiger partial charge is 0.0508 e. The van der Waals surface area contributed by atoms with Crippen molar-refractivity contribution >= 4 is 26.8 Å². The zero-order chi connectivity index (χ0) is 16.1. The predicted molar refractivity (Wildman–Crippen MR) is 102 cm³/mol. The van der Waals surface area contributed by atoms with Crippen LogP contribution in [0, 0.1) is 0 Å². The summed E-state index contributed by atoms with van der Waals surface area (Å²) in [6, 6.07) is 18.3. The summed E-state index contributed by atoms with van der Waals surface area (Å²) in [4.78, 5) is 2.70. The minimum absolute atomic E-state index is 0.578. The summed E-state index contributed by atoms with van der Waals surface area (Å²) in [7, 11) is 0. The summed E-state index contributed by atoms with van der Waals surface area (Å²) in [5, 5.41) is 1.46. The number of rotatable bonds is 2. The highest BCUT2D eigenvalue weighted by Gasteiger charge is 2.34. The Bertz CT molecular complexity index is 897. The fourth-order valence-electron chi connectivity index (χ4n) is 4.66. The van der Waals surface area contributed by atoms with Crippen LogP contribution < -0.4 is 0 Å². The molecule has 0 amide bonds. The van der Waals surface area contributed by atoms with Crippen molar-refractivity contribution in [2.24, 2.45) is 0 Å². The van der Waals surface area contributed by atoms with Gasteiger partial charge in [-0.2, -0.15) is 0 Å². The summed E-state index contributed by atoms with van der Waals surface area (Å²) in [5.41, 5.74) is 6.04. The number of benzene rings is 2. The lowest BCUT2D eigenvalue weighted by Gasteiger charge is -2.40. The van der Waals surface area contributed by atoms with Crippen LogP contribution in [-0.2, 0) is 19.5 Å². The molecule has 2 heterocycles. The normalized spacial score (nSPS) is 20.3. The number of hydrogen-bond donors (Lipinski definition) is 0. The van der Waals surface area contributed by atoms with Gasteiger partial charge in [0.25, 0.3) is 0 Å². The average Bonchev–Trinajstić information content (AvgIpc) is 2.93. The molecule has 0 N–H and O–H groups in total. The van der Waals surface area contributed by atoms with E-state index in [1.54, 1.807) is 11.3 Å². The Morgan fingerprint density at radius 1 is 1.04 bits per heavy atom. The van der Waals surface area contributed by atoms with Gasteiger partial charge in [0.2, 0.25) is 0 Å². The molecule has 5 rings (SSSR count). The quantitative estimate of drug-likeness (QED) is 0.585. The van der Waals surface area contributed by atoms with Gasteiger partial charge in [0.1, 0.15) is 0 Å². The SMILES string of the molecule is Brc1ccc2c(c1)c1c3n2CCN(Cc2ccccc2)[C@@H]3CCC1. The van der Waals surface area contributed by atoms with Crippen molar-refractivity contribution in [2.45, 2.75) is 38.4 Å². The van der Waals surface area contributed by atoms with E-state index in [1.807, 2.05) is 0 Å². The number of nitrogens with zero attached hydrogens (tertiary/aromatic N) is 2. The topological polar surface area (TPSA) is 8.17 Å². The molecule has 0 fully saturated rings. The van der Waals surface area contributed by atoms with E-state index in [0.717, 1.165) is 19.6 Å². The minimum Gasteiger partial charge on any atom is -0.342 e. The Morgan fingerprint density at radius 3 is 2.79 bits per heavy atom. The van der Waals surface area contributed by atoms with E-state index >= 15 is 0 Å². The molecule has 2 aliphatic rings. The lowest BCUT2D eigenvalue weighted by Crippen LogP contribution is -2.39. The van der Waals surface area contributed by atoms with Crippen molar-refractivity contribution in [2.75, 3.05) is 6.54 Å². The highest BCUT2D eigenvalue weighted by atomic mass is 79.9. The molecule has 0 saturated carbocycles. The van der Waals surface area contributed by atoms with E-state index in [0.29, 0.717) is 6.04 Å². The van der Waals surface area contributed by atoms with Crippen LogP contribution in [0.5, 0.6) is 0 Å². The molecule has 0 bridgehead atoms. The minimum atomic E-state index is 0.578. The molecule has 0 spiro atoms. The molecular formula is C21H21BrN2. The van der Waals surface area contributed by atoms with Gasteiger partial charge >= 0.3 is 0 Å². The first-order chi connectivity index (χ1) is 11.8. The van der Waals surface area contributed by atoms with Crippen LogP contribution in [0.2, 0.25) is 0 Å². The summed E-state index contributed by atoms with van der Waals surface area (Å²) in [6.07, 6.45) is 3.82. The number of aryl methyl sites for hydroxylation is 1. The maximum absolute atomic E-state index is 3.66. The van der Waals surface area contributed by atoms with Gasteiger partial charge < -0.3 is 4.57 Å². The van der Waals surface area contributed by atoms with Crippen molar-refractivity contribution in [1.82, 2.24) is 9.47 Å². The molecule has 2 nitrogen and oxygen atoms in total. The molecule has 24 heavy (non-hydrogen) atoms. The molecule has 1 aromatic heterocycles. The van der Waals surface area contributed by atoms with Crippen LogP contribution in [0.3, 0.4) is 0 Å². The zero-order valence-electron chi connectivity index (χ0n) is 13.7. The largest absolute Gasteiger partial charge is 0.342 e. The van der Waals surface area contributed by atoms with Gasteiger partial charge in [-0.3, -0.25) is 4.90 Å². The fourth-order valence-corrected chi connectivity index (χ4v) is 5.02. The lowest BCUT2D eigenvalue weighted by molar-refractivity contribution is 0.133. The monoisotopic (exact) mass is 380 g/mol. The van der Waals surface area contributed by atoms with Crippen LogP contribution in [0.25, 0.3) is 10.9 Å². The summed E-state index contributed by atoms with van der Waals surface area (Å²) in [5.74, 6) is 0. The summed E-state index contributed by atoms with van der Waals surface area (Å²) >= 11 is 3.66. The second-order valence-corrected chi connectivity index (χ2v) is 7.96. The molecular weight excluding hydrogens is 360 g/mol. The number of hydrogen-bond acceptors (Lipinski definition) is 1. The number of halogens is 1. The summed E-state index contributed by atoms with van der Waals surface area (Å²) in [6.45, 7) is 3.32. The van der Waals surface area contributed by atoms with E-state index in [-0.39, 0.29) is 0 Å². The second kappa shape index (κ2) is 5.75. The Morgan fingerprint density at radius 2 is 1.92 bits per heavy atom. The third-order valence-electron chi connectivity index (χ3n) is 5.67. The van der Waals surface area contributed by atoms with E-state index in [1.165, 1.54) is 40.2 Å². The molecule has 1 aliphatic carbocycles. The zero-order valence-corrected chi connectivity index (χ0v) is 15.3. The highest BCUT2D eigenvalue weighted by Crippen LogP contribution is 2.43. The predicted octanol–water partition coefficient (Wildman–Crippen LogP) is 5.30. The van der Waals surface area contributed by atoms with Gasteiger partial charge in [-0.15, -0.1) is 0 Å². The standard InChI is InChI=1S/C21H21BrN2/c22-16-9-10-19-18(13-16)17-7-4-8-20-21(17)24(19)12-11-23(20)14-15-5-2-1-3-6-15/h1-3,5-6,9-10,13,20H,4,7-8,11-12,14H2/t20-/m1/s1. The van der Waals surface area contributed by atoms with E-state index in [9.17, 15) is 0 Å². The van der Waals surface area contributed by atoms with Crippen LogP contribution >= 0.6 is 15.9 Å². The molecule has 1 atom stereocenters. The first kappa shape index (κ1) is 14.7. The molecule has 0 unspecified atom stereocenters. The van der Waals surface area contributed by atoms with Gasteiger partial charge in [-0.25, -0.2) is 0 Å². The lowest BCUT2D eigenvalue weighted by atomic mass is 9.89. The Hall–Kier alpha value is -1.58. The summed E-state index contributed by atoms with van der Waals surface area (Å²) < 4.78 is 3.79. The Labute approximate surface area is 151 Å². The maximum atomic E-state index is 3.66. The molecule has 3 heteroatoms. The van der Waals surface area contributed by atoms with Crippen LogP contribution in [0.15, 0.2) is 53.0 Å². The van der Waals surface area contributed by atoms with Gasteiger partial charge in [-0.1, -0.05) is 46.3 Å². The van der Waals surface area contributed by atoms with E-state index < -0.39 is 0 Å². The van der Waals surface area contributed by atoms with Crippen molar-refractivity contribution in [3.63, 3.8) is 0 Å². The van der Waals surface area contributed by atoms with Crippen LogP contribution in [0.1, 0.15) is 35.7 Å². The van der Waals surface area contributed by atoms with Crippen molar-refractivity contribution < 1.29 is 0 Å². The van der Waals surface area contributed by atoms with Gasteiger partial charge in [0.05, 0.1) is 6.04 Å².